The molecule has 2 aromatic heterocycles. The normalized spacial score (nSPS) is 13.8. The van der Waals surface area contributed by atoms with E-state index in [1.165, 1.54) is 5.56 Å². The summed E-state index contributed by atoms with van der Waals surface area (Å²) < 4.78 is 19.2. The summed E-state index contributed by atoms with van der Waals surface area (Å²) in [5, 5.41) is 0. The van der Waals surface area contributed by atoms with Gasteiger partial charge in [-0.3, -0.25) is 0 Å². The van der Waals surface area contributed by atoms with Crippen LogP contribution in [0.5, 0.6) is 5.75 Å². The summed E-state index contributed by atoms with van der Waals surface area (Å²) in [7, 11) is 4.07. The largest absolute Gasteiger partial charge is 0.491 e. The Balaban J connectivity index is 1.52. The van der Waals surface area contributed by atoms with Gasteiger partial charge in [0.2, 0.25) is 0 Å². The number of nitrogens with zero attached hydrogens (tertiary/aromatic N) is 5. The van der Waals surface area contributed by atoms with Crippen molar-refractivity contribution >= 4 is 16.9 Å². The van der Waals surface area contributed by atoms with Gasteiger partial charge in [0.25, 0.3) is 0 Å². The first-order chi connectivity index (χ1) is 17.3. The van der Waals surface area contributed by atoms with Crippen molar-refractivity contribution in [2.24, 2.45) is 0 Å². The standard InChI is InChI=1S/C28H33FN6O/c1-17(2)27-18(3)30-26(16-34(4)5)33-28(27)35-10-11-36-24-9-7-19(12-21(24)15-35)20-6-8-22-23(13-20)32-25(14-29)31-22/h6-9,12-13,17H,10-11,14-16H2,1-5H3,(H,31,32). The lowest BCUT2D eigenvalue weighted by molar-refractivity contribution is 0.331. The van der Waals surface area contributed by atoms with Gasteiger partial charge in [-0.25, -0.2) is 19.3 Å². The minimum atomic E-state index is -0.604. The summed E-state index contributed by atoms with van der Waals surface area (Å²) in [6, 6.07) is 12.3. The molecule has 188 valence electrons. The zero-order chi connectivity index (χ0) is 25.4. The highest BCUT2D eigenvalue weighted by Crippen LogP contribution is 2.34. The van der Waals surface area contributed by atoms with E-state index in [4.69, 9.17) is 14.7 Å². The monoisotopic (exact) mass is 488 g/mol. The minimum Gasteiger partial charge on any atom is -0.491 e. The fourth-order valence-corrected chi connectivity index (χ4v) is 4.95. The van der Waals surface area contributed by atoms with Crippen molar-refractivity contribution in [1.82, 2.24) is 24.8 Å². The van der Waals surface area contributed by atoms with Crippen LogP contribution < -0.4 is 9.64 Å². The third-order valence-corrected chi connectivity index (χ3v) is 6.53. The van der Waals surface area contributed by atoms with Crippen molar-refractivity contribution in [3.8, 4) is 16.9 Å². The Morgan fingerprint density at radius 1 is 1.08 bits per heavy atom. The molecule has 0 bridgehead atoms. The lowest BCUT2D eigenvalue weighted by Crippen LogP contribution is -2.29. The first kappa shape index (κ1) is 24.2. The number of anilines is 1. The zero-order valence-corrected chi connectivity index (χ0v) is 21.6. The van der Waals surface area contributed by atoms with E-state index in [1.807, 2.05) is 38.4 Å². The maximum absolute atomic E-state index is 13.1. The van der Waals surface area contributed by atoms with E-state index in [1.54, 1.807) is 0 Å². The number of alkyl halides is 1. The molecule has 0 saturated heterocycles. The van der Waals surface area contributed by atoms with Gasteiger partial charge in [0, 0.05) is 23.4 Å². The maximum Gasteiger partial charge on any atom is 0.147 e. The highest BCUT2D eigenvalue weighted by atomic mass is 19.1. The topological polar surface area (TPSA) is 70.2 Å². The van der Waals surface area contributed by atoms with Crippen molar-refractivity contribution in [1.29, 1.82) is 0 Å². The molecule has 8 heteroatoms. The van der Waals surface area contributed by atoms with Crippen molar-refractivity contribution in [3.05, 3.63) is 64.9 Å². The molecule has 1 aliphatic rings. The summed E-state index contributed by atoms with van der Waals surface area (Å²) in [6.07, 6.45) is 0. The summed E-state index contributed by atoms with van der Waals surface area (Å²) in [5.74, 6) is 3.37. The van der Waals surface area contributed by atoms with Crippen LogP contribution in [-0.4, -0.2) is 52.1 Å². The van der Waals surface area contributed by atoms with Crippen LogP contribution in [-0.2, 0) is 19.8 Å². The molecule has 0 amide bonds. The van der Waals surface area contributed by atoms with E-state index in [0.29, 0.717) is 31.4 Å². The predicted octanol–water partition coefficient (Wildman–Crippen LogP) is 5.38. The number of hydrogen-bond donors (Lipinski definition) is 1. The Morgan fingerprint density at radius 3 is 2.61 bits per heavy atom. The van der Waals surface area contributed by atoms with E-state index >= 15 is 0 Å². The van der Waals surface area contributed by atoms with E-state index in [2.05, 4.69) is 52.7 Å². The summed E-state index contributed by atoms with van der Waals surface area (Å²) in [6.45, 7) is 8.58. The average Bonchev–Trinajstić information content (AvgIpc) is 3.13. The van der Waals surface area contributed by atoms with Crippen molar-refractivity contribution in [2.45, 2.75) is 46.5 Å². The van der Waals surface area contributed by atoms with Gasteiger partial charge >= 0.3 is 0 Å². The number of ether oxygens (including phenoxy) is 1. The van der Waals surface area contributed by atoms with Crippen LogP contribution in [0.25, 0.3) is 22.2 Å². The lowest BCUT2D eigenvalue weighted by atomic mass is 10.00. The number of benzene rings is 2. The Labute approximate surface area is 211 Å². The molecule has 0 saturated carbocycles. The third-order valence-electron chi connectivity index (χ3n) is 6.53. The molecule has 0 spiro atoms. The number of halogens is 1. The number of H-pyrrole nitrogens is 1. The first-order valence-corrected chi connectivity index (χ1v) is 12.4. The van der Waals surface area contributed by atoms with Crippen LogP contribution in [0.2, 0.25) is 0 Å². The summed E-state index contributed by atoms with van der Waals surface area (Å²) >= 11 is 0. The van der Waals surface area contributed by atoms with E-state index in [9.17, 15) is 4.39 Å². The molecule has 0 radical (unpaired) electrons. The molecule has 0 fully saturated rings. The Morgan fingerprint density at radius 2 is 1.86 bits per heavy atom. The second kappa shape index (κ2) is 9.85. The van der Waals surface area contributed by atoms with E-state index < -0.39 is 6.67 Å². The lowest BCUT2D eigenvalue weighted by Gasteiger charge is -2.27. The van der Waals surface area contributed by atoms with Crippen LogP contribution in [0.1, 0.15) is 48.2 Å². The van der Waals surface area contributed by atoms with Crippen LogP contribution >= 0.6 is 0 Å². The Bertz CT molecular complexity index is 1400. The molecule has 5 rings (SSSR count). The Hall–Kier alpha value is -3.52. The second-order valence-electron chi connectivity index (χ2n) is 10.00. The molecular weight excluding hydrogens is 455 g/mol. The highest BCUT2D eigenvalue weighted by Gasteiger charge is 2.24. The summed E-state index contributed by atoms with van der Waals surface area (Å²) in [4.78, 5) is 21.6. The fraction of sp³-hybridized carbons (Fsp3) is 0.393. The Kier molecular flexibility index (Phi) is 6.62. The van der Waals surface area contributed by atoms with Crippen molar-refractivity contribution < 1.29 is 9.13 Å². The van der Waals surface area contributed by atoms with Gasteiger partial charge in [0.15, 0.2) is 0 Å². The zero-order valence-electron chi connectivity index (χ0n) is 21.6. The van der Waals surface area contributed by atoms with Crippen LogP contribution in [0, 0.1) is 6.92 Å². The highest BCUT2D eigenvalue weighted by molar-refractivity contribution is 5.82. The molecule has 4 aromatic rings. The quantitative estimate of drug-likeness (QED) is 0.393. The molecule has 7 nitrogen and oxygen atoms in total. The predicted molar refractivity (Wildman–Crippen MR) is 141 cm³/mol. The average molecular weight is 489 g/mol. The van der Waals surface area contributed by atoms with Gasteiger partial charge in [-0.15, -0.1) is 0 Å². The SMILES string of the molecule is Cc1nc(CN(C)C)nc(N2CCOc3ccc(-c4ccc5[nH]c(CF)nc5c4)cc3C2)c1C(C)C. The fourth-order valence-electron chi connectivity index (χ4n) is 4.95. The number of imidazole rings is 1. The van der Waals surface area contributed by atoms with Gasteiger partial charge in [-0.2, -0.15) is 0 Å². The van der Waals surface area contributed by atoms with Gasteiger partial charge in [-0.1, -0.05) is 26.0 Å². The number of aryl methyl sites for hydroxylation is 1. The number of nitrogens with one attached hydrogen (secondary N) is 1. The number of hydrogen-bond acceptors (Lipinski definition) is 6. The third kappa shape index (κ3) is 4.78. The van der Waals surface area contributed by atoms with Crippen LogP contribution in [0.15, 0.2) is 36.4 Å². The molecule has 36 heavy (non-hydrogen) atoms. The molecule has 3 heterocycles. The van der Waals surface area contributed by atoms with Gasteiger partial charge < -0.3 is 19.5 Å². The van der Waals surface area contributed by atoms with Gasteiger partial charge in [0.05, 0.1) is 24.1 Å². The van der Waals surface area contributed by atoms with Crippen molar-refractivity contribution in [2.75, 3.05) is 32.1 Å². The second-order valence-corrected chi connectivity index (χ2v) is 10.00. The molecular formula is C28H33FN6O. The number of aromatic nitrogens is 4. The molecule has 0 aliphatic carbocycles. The molecule has 0 atom stereocenters. The smallest absolute Gasteiger partial charge is 0.147 e. The molecule has 2 aromatic carbocycles. The minimum absolute atomic E-state index is 0.304. The maximum atomic E-state index is 13.1. The van der Waals surface area contributed by atoms with Crippen molar-refractivity contribution in [3.63, 3.8) is 0 Å². The summed E-state index contributed by atoms with van der Waals surface area (Å²) in [5.41, 5.74) is 7.03. The molecule has 0 unspecified atom stereocenters. The number of rotatable bonds is 6. The number of aromatic amines is 1. The number of fused-ring (bicyclic) bond motifs is 2. The van der Waals surface area contributed by atoms with E-state index in [0.717, 1.165) is 57.4 Å². The first-order valence-electron chi connectivity index (χ1n) is 12.4. The van der Waals surface area contributed by atoms with E-state index in [-0.39, 0.29) is 0 Å². The van der Waals surface area contributed by atoms with Crippen LogP contribution in [0.3, 0.4) is 0 Å². The van der Waals surface area contributed by atoms with Crippen LogP contribution in [0.4, 0.5) is 10.2 Å². The molecule has 1 N–H and O–H groups in total. The van der Waals surface area contributed by atoms with Gasteiger partial charge in [0.1, 0.15) is 36.5 Å². The molecule has 1 aliphatic heterocycles. The van der Waals surface area contributed by atoms with Gasteiger partial charge in [-0.05, 0) is 62.3 Å².